The first-order chi connectivity index (χ1) is 10.1. The fourth-order valence-corrected chi connectivity index (χ4v) is 3.71. The fraction of sp³-hybridized carbons (Fsp3) is 0.588. The van der Waals surface area contributed by atoms with Crippen molar-refractivity contribution in [3.63, 3.8) is 0 Å². The quantitative estimate of drug-likeness (QED) is 0.903. The number of hydrogen-bond acceptors (Lipinski definition) is 2. The molecule has 1 aliphatic rings. The molecule has 0 aliphatic carbocycles. The first-order valence-corrected chi connectivity index (χ1v) is 8.09. The number of urea groups is 1. The molecule has 2 atom stereocenters. The van der Waals surface area contributed by atoms with Gasteiger partial charge in [0.05, 0.1) is 0 Å². The van der Waals surface area contributed by atoms with Crippen LogP contribution in [0.2, 0.25) is 5.02 Å². The van der Waals surface area contributed by atoms with E-state index in [0.29, 0.717) is 17.1 Å². The van der Waals surface area contributed by atoms with Gasteiger partial charge in [0.15, 0.2) is 0 Å². The van der Waals surface area contributed by atoms with E-state index in [0.717, 1.165) is 6.42 Å². The molecule has 0 unspecified atom stereocenters. The molecule has 0 saturated carbocycles. The van der Waals surface area contributed by atoms with Gasteiger partial charge in [0.1, 0.15) is 5.72 Å². The summed E-state index contributed by atoms with van der Waals surface area (Å²) in [6, 6.07) is 6.96. The summed E-state index contributed by atoms with van der Waals surface area (Å²) in [7, 11) is 0. The van der Waals surface area contributed by atoms with Gasteiger partial charge in [-0.15, -0.1) is 0 Å². The van der Waals surface area contributed by atoms with E-state index < -0.39 is 11.3 Å². The van der Waals surface area contributed by atoms with Crippen LogP contribution in [-0.2, 0) is 0 Å². The summed E-state index contributed by atoms with van der Waals surface area (Å²) in [4.78, 5) is 16.4. The lowest BCUT2D eigenvalue weighted by Gasteiger charge is -2.55. The molecule has 2 amide bonds. The van der Waals surface area contributed by atoms with Gasteiger partial charge in [-0.25, -0.2) is 4.79 Å². The standard InChI is InChI=1S/C17H25ClN2O2/c1-6-12(2)19-15(21)20(14-9-7-8-13(18)10-14)17(5,22)11-16(19,3)4/h7-10,12,22H,6,11H2,1-5H3/t12-,17-/m1/s1. The zero-order chi connectivity index (χ0) is 16.7. The molecule has 122 valence electrons. The molecule has 0 bridgehead atoms. The molecule has 1 N–H and O–H groups in total. The van der Waals surface area contributed by atoms with Gasteiger partial charge in [-0.1, -0.05) is 24.6 Å². The van der Waals surface area contributed by atoms with Gasteiger partial charge < -0.3 is 10.0 Å². The molecule has 2 rings (SSSR count). The number of amides is 2. The molecular weight excluding hydrogens is 300 g/mol. The van der Waals surface area contributed by atoms with Gasteiger partial charge in [-0.2, -0.15) is 0 Å². The number of halogens is 1. The summed E-state index contributed by atoms with van der Waals surface area (Å²) in [5, 5.41) is 11.4. The Hall–Kier alpha value is -1.26. The number of hydrogen-bond donors (Lipinski definition) is 1. The van der Waals surface area contributed by atoms with Crippen molar-refractivity contribution in [3.8, 4) is 0 Å². The molecule has 4 nitrogen and oxygen atoms in total. The van der Waals surface area contributed by atoms with Crippen LogP contribution in [-0.4, -0.2) is 33.3 Å². The third-order valence-corrected chi connectivity index (χ3v) is 4.63. The summed E-state index contributed by atoms with van der Waals surface area (Å²) < 4.78 is 0. The van der Waals surface area contributed by atoms with Gasteiger partial charge >= 0.3 is 6.03 Å². The summed E-state index contributed by atoms with van der Waals surface area (Å²) >= 11 is 6.05. The molecule has 5 heteroatoms. The minimum atomic E-state index is -1.25. The van der Waals surface area contributed by atoms with Crippen LogP contribution < -0.4 is 4.90 Å². The minimum Gasteiger partial charge on any atom is -0.371 e. The third-order valence-electron chi connectivity index (χ3n) is 4.40. The Kier molecular flexibility index (Phi) is 4.46. The van der Waals surface area contributed by atoms with Crippen molar-refractivity contribution in [2.75, 3.05) is 4.90 Å². The Balaban J connectivity index is 2.50. The summed E-state index contributed by atoms with van der Waals surface area (Å²) in [5.41, 5.74) is -1.05. The molecule has 0 aromatic heterocycles. The molecule has 1 fully saturated rings. The van der Waals surface area contributed by atoms with Crippen LogP contribution in [0.25, 0.3) is 0 Å². The van der Waals surface area contributed by atoms with Crippen molar-refractivity contribution in [3.05, 3.63) is 29.3 Å². The van der Waals surface area contributed by atoms with E-state index in [4.69, 9.17) is 11.6 Å². The van der Waals surface area contributed by atoms with E-state index in [1.54, 1.807) is 31.2 Å². The number of aliphatic hydroxyl groups is 1. The fourth-order valence-electron chi connectivity index (χ4n) is 3.53. The Labute approximate surface area is 137 Å². The van der Waals surface area contributed by atoms with Crippen LogP contribution >= 0.6 is 11.6 Å². The van der Waals surface area contributed by atoms with E-state index in [9.17, 15) is 9.90 Å². The van der Waals surface area contributed by atoms with Gasteiger partial charge in [0.25, 0.3) is 0 Å². The Bertz CT molecular complexity index is 572. The second-order valence-electron chi connectivity index (χ2n) is 6.93. The average Bonchev–Trinajstić information content (AvgIpc) is 2.35. The predicted molar refractivity (Wildman–Crippen MR) is 90.2 cm³/mol. The maximum absolute atomic E-state index is 13.1. The average molecular weight is 325 g/mol. The Morgan fingerprint density at radius 1 is 1.36 bits per heavy atom. The highest BCUT2D eigenvalue weighted by Gasteiger charge is 2.51. The molecule has 1 saturated heterocycles. The van der Waals surface area contributed by atoms with Crippen molar-refractivity contribution in [1.29, 1.82) is 0 Å². The minimum absolute atomic E-state index is 0.0975. The second-order valence-corrected chi connectivity index (χ2v) is 7.37. The zero-order valence-corrected chi connectivity index (χ0v) is 14.7. The van der Waals surface area contributed by atoms with Crippen LogP contribution in [0, 0.1) is 0 Å². The lowest BCUT2D eigenvalue weighted by Crippen LogP contribution is -2.69. The van der Waals surface area contributed by atoms with Crippen LogP contribution in [0.3, 0.4) is 0 Å². The molecule has 1 aromatic rings. The maximum Gasteiger partial charge on any atom is 0.327 e. The number of carbonyl (C=O) groups is 1. The predicted octanol–water partition coefficient (Wildman–Crippen LogP) is 4.26. The van der Waals surface area contributed by atoms with E-state index in [1.807, 2.05) is 25.7 Å². The normalized spacial score (nSPS) is 26.2. The second kappa shape index (κ2) is 5.74. The number of anilines is 1. The van der Waals surface area contributed by atoms with E-state index in [1.165, 1.54) is 4.90 Å². The van der Waals surface area contributed by atoms with Gasteiger partial charge in [-0.05, 0) is 52.3 Å². The first kappa shape index (κ1) is 17.1. The van der Waals surface area contributed by atoms with E-state index >= 15 is 0 Å². The number of carbonyl (C=O) groups excluding carboxylic acids is 1. The molecule has 1 aromatic carbocycles. The highest BCUT2D eigenvalue weighted by atomic mass is 35.5. The van der Waals surface area contributed by atoms with Crippen molar-refractivity contribution < 1.29 is 9.90 Å². The largest absolute Gasteiger partial charge is 0.371 e. The van der Waals surface area contributed by atoms with Gasteiger partial charge in [0.2, 0.25) is 0 Å². The Morgan fingerprint density at radius 2 is 2.00 bits per heavy atom. The van der Waals surface area contributed by atoms with E-state index in [-0.39, 0.29) is 12.1 Å². The summed E-state index contributed by atoms with van der Waals surface area (Å²) in [6.45, 7) is 9.78. The van der Waals surface area contributed by atoms with Crippen molar-refractivity contribution in [1.82, 2.24) is 4.90 Å². The molecule has 0 radical (unpaired) electrons. The monoisotopic (exact) mass is 324 g/mol. The van der Waals surface area contributed by atoms with Crippen molar-refractivity contribution >= 4 is 23.3 Å². The highest BCUT2D eigenvalue weighted by Crippen LogP contribution is 2.40. The molecule has 1 aliphatic heterocycles. The van der Waals surface area contributed by atoms with Crippen LogP contribution in [0.15, 0.2) is 24.3 Å². The van der Waals surface area contributed by atoms with Crippen LogP contribution in [0.1, 0.15) is 47.5 Å². The molecule has 22 heavy (non-hydrogen) atoms. The number of rotatable bonds is 3. The van der Waals surface area contributed by atoms with Gasteiger partial charge in [-0.3, -0.25) is 4.90 Å². The van der Waals surface area contributed by atoms with Gasteiger partial charge in [0, 0.05) is 28.7 Å². The number of nitrogens with zero attached hydrogens (tertiary/aromatic N) is 2. The molecular formula is C17H25ClN2O2. The highest BCUT2D eigenvalue weighted by molar-refractivity contribution is 6.30. The number of benzene rings is 1. The SMILES string of the molecule is CC[C@@H](C)N1C(=O)N(c2cccc(Cl)c2)[C@](C)(O)CC1(C)C. The summed E-state index contributed by atoms with van der Waals surface area (Å²) in [6.07, 6.45) is 1.32. The smallest absolute Gasteiger partial charge is 0.327 e. The summed E-state index contributed by atoms with van der Waals surface area (Å²) in [5.74, 6) is 0. The van der Waals surface area contributed by atoms with Crippen molar-refractivity contribution in [2.24, 2.45) is 0 Å². The van der Waals surface area contributed by atoms with Crippen LogP contribution in [0.5, 0.6) is 0 Å². The Morgan fingerprint density at radius 3 is 2.55 bits per heavy atom. The maximum atomic E-state index is 13.1. The lowest BCUT2D eigenvalue weighted by molar-refractivity contribution is -0.0358. The van der Waals surface area contributed by atoms with E-state index in [2.05, 4.69) is 6.92 Å². The topological polar surface area (TPSA) is 43.8 Å². The first-order valence-electron chi connectivity index (χ1n) is 7.71. The molecule has 1 heterocycles. The lowest BCUT2D eigenvalue weighted by atomic mass is 9.86. The third kappa shape index (κ3) is 2.95. The molecule has 0 spiro atoms. The van der Waals surface area contributed by atoms with Crippen LogP contribution in [0.4, 0.5) is 10.5 Å². The van der Waals surface area contributed by atoms with Crippen molar-refractivity contribution in [2.45, 2.75) is 64.8 Å². The zero-order valence-electron chi connectivity index (χ0n) is 13.9.